The number of anilines is 1. The molecule has 182 valence electrons. The second-order valence-corrected chi connectivity index (χ2v) is 8.06. The van der Waals surface area contributed by atoms with Crippen molar-refractivity contribution in [2.45, 2.75) is 20.8 Å². The highest BCUT2D eigenvalue weighted by Gasteiger charge is 2.29. The molecule has 0 atom stereocenters. The van der Waals surface area contributed by atoms with Crippen molar-refractivity contribution in [1.82, 2.24) is 15.2 Å². The molecular formula is C23H23ClN6O5. The van der Waals surface area contributed by atoms with Crippen LogP contribution in [0, 0.1) is 24.0 Å². The largest absolute Gasteiger partial charge is 0.483 e. The number of nitrogens with zero attached hydrogens (tertiary/aromatic N) is 4. The minimum Gasteiger partial charge on any atom is -0.483 e. The zero-order valence-corrected chi connectivity index (χ0v) is 20.2. The summed E-state index contributed by atoms with van der Waals surface area (Å²) in [6.07, 6.45) is 0. The van der Waals surface area contributed by atoms with Gasteiger partial charge in [0.25, 0.3) is 11.8 Å². The average molecular weight is 499 g/mol. The lowest BCUT2D eigenvalue weighted by Gasteiger charge is -2.10. The highest BCUT2D eigenvalue weighted by atomic mass is 35.5. The molecule has 0 saturated carbocycles. The summed E-state index contributed by atoms with van der Waals surface area (Å²) in [4.78, 5) is 35.3. The van der Waals surface area contributed by atoms with Crippen molar-refractivity contribution in [2.75, 3.05) is 11.9 Å². The Morgan fingerprint density at radius 1 is 1.20 bits per heavy atom. The smallest absolute Gasteiger partial charge is 0.322 e. The van der Waals surface area contributed by atoms with Crippen LogP contribution in [0.5, 0.6) is 5.75 Å². The lowest BCUT2D eigenvalue weighted by Crippen LogP contribution is -2.23. The van der Waals surface area contributed by atoms with Gasteiger partial charge in [-0.2, -0.15) is 10.2 Å². The zero-order valence-electron chi connectivity index (χ0n) is 19.5. The molecule has 1 aromatic heterocycles. The van der Waals surface area contributed by atoms with E-state index in [1.807, 2.05) is 6.92 Å². The molecule has 0 saturated heterocycles. The van der Waals surface area contributed by atoms with Crippen molar-refractivity contribution in [3.8, 4) is 5.75 Å². The molecule has 3 aromatic rings. The molecule has 3 rings (SSSR count). The number of carbonyl (C=O) groups is 2. The number of hydrazone groups is 1. The van der Waals surface area contributed by atoms with Gasteiger partial charge in [0.1, 0.15) is 11.4 Å². The van der Waals surface area contributed by atoms with E-state index in [1.54, 1.807) is 49.4 Å². The van der Waals surface area contributed by atoms with Crippen LogP contribution in [0.15, 0.2) is 47.6 Å². The topological polar surface area (TPSA) is 141 Å². The van der Waals surface area contributed by atoms with Gasteiger partial charge in [-0.05, 0) is 62.2 Å². The average Bonchev–Trinajstić information content (AvgIpc) is 3.11. The number of benzene rings is 2. The fourth-order valence-corrected chi connectivity index (χ4v) is 3.51. The Morgan fingerprint density at radius 3 is 2.51 bits per heavy atom. The van der Waals surface area contributed by atoms with Crippen molar-refractivity contribution >= 4 is 40.5 Å². The lowest BCUT2D eigenvalue weighted by molar-refractivity contribution is -0.385. The predicted octanol–water partition coefficient (Wildman–Crippen LogP) is 3.77. The van der Waals surface area contributed by atoms with Crippen LogP contribution in [-0.2, 0) is 11.8 Å². The van der Waals surface area contributed by atoms with Crippen LogP contribution >= 0.6 is 11.6 Å². The molecule has 0 aliphatic heterocycles. The van der Waals surface area contributed by atoms with Gasteiger partial charge in [0, 0.05) is 17.8 Å². The predicted molar refractivity (Wildman–Crippen MR) is 131 cm³/mol. The summed E-state index contributed by atoms with van der Waals surface area (Å²) in [6.45, 7) is 4.78. The van der Waals surface area contributed by atoms with Crippen LogP contribution in [0.3, 0.4) is 0 Å². The monoisotopic (exact) mass is 498 g/mol. The summed E-state index contributed by atoms with van der Waals surface area (Å²) >= 11 is 5.92. The molecule has 11 nitrogen and oxygen atoms in total. The molecule has 0 radical (unpaired) electrons. The van der Waals surface area contributed by atoms with E-state index in [9.17, 15) is 19.7 Å². The summed E-state index contributed by atoms with van der Waals surface area (Å²) in [5.74, 6) is -0.517. The first-order chi connectivity index (χ1) is 16.6. The third-order valence-electron chi connectivity index (χ3n) is 5.00. The number of ether oxygens (including phenoxy) is 1. The Kier molecular flexibility index (Phi) is 7.82. The Bertz CT molecular complexity index is 1320. The van der Waals surface area contributed by atoms with Gasteiger partial charge in [-0.1, -0.05) is 23.7 Å². The number of amides is 2. The van der Waals surface area contributed by atoms with Crippen LogP contribution in [0.25, 0.3) is 0 Å². The highest BCUT2D eigenvalue weighted by Crippen LogP contribution is 2.23. The maximum absolute atomic E-state index is 12.5. The fourth-order valence-electron chi connectivity index (χ4n) is 3.28. The summed E-state index contributed by atoms with van der Waals surface area (Å²) in [5.41, 5.74) is 4.40. The molecule has 35 heavy (non-hydrogen) atoms. The lowest BCUT2D eigenvalue weighted by atomic mass is 10.1. The Hall–Kier alpha value is -4.25. The summed E-state index contributed by atoms with van der Waals surface area (Å²) in [6, 6.07) is 11.9. The highest BCUT2D eigenvalue weighted by molar-refractivity contribution is 6.30. The number of rotatable bonds is 8. The van der Waals surface area contributed by atoms with E-state index in [0.717, 1.165) is 10.2 Å². The number of hydrogen-bond donors (Lipinski definition) is 2. The number of aryl methyl sites for hydroxylation is 3. The van der Waals surface area contributed by atoms with Crippen LogP contribution in [-0.4, -0.2) is 38.8 Å². The summed E-state index contributed by atoms with van der Waals surface area (Å²) < 4.78 is 6.68. The number of carbonyl (C=O) groups excluding carboxylic acids is 2. The third kappa shape index (κ3) is 6.21. The Morgan fingerprint density at radius 2 is 1.89 bits per heavy atom. The maximum Gasteiger partial charge on any atom is 0.322 e. The van der Waals surface area contributed by atoms with Crippen LogP contribution in [0.1, 0.15) is 34.2 Å². The van der Waals surface area contributed by atoms with Crippen LogP contribution < -0.4 is 15.5 Å². The number of hydrogen-bond acceptors (Lipinski definition) is 7. The standard InChI is InChI=1S/C23H23ClN6O5/c1-13-11-17(24)7-10-19(13)35-12-20(31)25-18-8-5-16(6-9-18)14(2)26-27-23(32)22-21(30(33)34)15(3)28-29(22)4/h5-11H,12H2,1-4H3,(H,25,31)(H,27,32)/b26-14+. The van der Waals surface area contributed by atoms with Crippen LogP contribution in [0.4, 0.5) is 11.4 Å². The van der Waals surface area contributed by atoms with Gasteiger partial charge >= 0.3 is 5.69 Å². The Balaban J connectivity index is 1.59. The zero-order chi connectivity index (χ0) is 25.7. The first kappa shape index (κ1) is 25.4. The first-order valence-corrected chi connectivity index (χ1v) is 10.8. The first-order valence-electron chi connectivity index (χ1n) is 10.4. The Labute approximate surface area is 205 Å². The van der Waals surface area contributed by atoms with E-state index >= 15 is 0 Å². The van der Waals surface area contributed by atoms with Gasteiger partial charge in [0.05, 0.1) is 10.6 Å². The second-order valence-electron chi connectivity index (χ2n) is 7.63. The summed E-state index contributed by atoms with van der Waals surface area (Å²) in [7, 11) is 1.44. The van der Waals surface area contributed by atoms with Gasteiger partial charge in [-0.15, -0.1) is 0 Å². The second kappa shape index (κ2) is 10.8. The van der Waals surface area contributed by atoms with Crippen molar-refractivity contribution in [3.63, 3.8) is 0 Å². The van der Waals surface area contributed by atoms with E-state index in [1.165, 1.54) is 14.0 Å². The van der Waals surface area contributed by atoms with E-state index < -0.39 is 10.8 Å². The number of nitrogens with one attached hydrogen (secondary N) is 2. The molecule has 0 aliphatic carbocycles. The molecule has 1 heterocycles. The van der Waals surface area contributed by atoms with Crippen LogP contribution in [0.2, 0.25) is 5.02 Å². The molecule has 2 amide bonds. The van der Waals surface area contributed by atoms with Crippen molar-refractivity contribution in [2.24, 2.45) is 12.1 Å². The maximum atomic E-state index is 12.5. The molecule has 2 N–H and O–H groups in total. The molecule has 0 fully saturated rings. The van der Waals surface area contributed by atoms with Gasteiger partial charge < -0.3 is 10.1 Å². The van der Waals surface area contributed by atoms with E-state index in [-0.39, 0.29) is 29.6 Å². The minimum atomic E-state index is -0.751. The number of nitro groups is 1. The molecule has 0 bridgehead atoms. The molecule has 12 heteroatoms. The van der Waals surface area contributed by atoms with Crippen molar-refractivity contribution in [1.29, 1.82) is 0 Å². The van der Waals surface area contributed by atoms with Crippen molar-refractivity contribution in [3.05, 3.63) is 80.1 Å². The minimum absolute atomic E-state index is 0.134. The molecule has 0 unspecified atom stereocenters. The van der Waals surface area contributed by atoms with Gasteiger partial charge in [-0.25, -0.2) is 5.43 Å². The third-order valence-corrected chi connectivity index (χ3v) is 5.23. The SMILES string of the molecule is C/C(=N\NC(=O)c1c([N+](=O)[O-])c(C)nn1C)c1ccc(NC(=O)COc2ccc(Cl)cc2C)cc1. The summed E-state index contributed by atoms with van der Waals surface area (Å²) in [5, 5.41) is 22.5. The molecule has 2 aromatic carbocycles. The van der Waals surface area contributed by atoms with E-state index in [0.29, 0.717) is 27.7 Å². The molecule has 0 spiro atoms. The van der Waals surface area contributed by atoms with Gasteiger partial charge in [-0.3, -0.25) is 24.4 Å². The van der Waals surface area contributed by atoms with E-state index in [4.69, 9.17) is 16.3 Å². The normalized spacial score (nSPS) is 11.2. The molecule has 0 aliphatic rings. The van der Waals surface area contributed by atoms with Crippen molar-refractivity contribution < 1.29 is 19.2 Å². The van der Waals surface area contributed by atoms with E-state index in [2.05, 4.69) is 20.9 Å². The fraction of sp³-hybridized carbons (Fsp3) is 0.217. The molecular weight excluding hydrogens is 476 g/mol. The number of halogens is 1. The quantitative estimate of drug-likeness (QED) is 0.275. The number of aromatic nitrogens is 2. The van der Waals surface area contributed by atoms with Gasteiger partial charge in [0.15, 0.2) is 6.61 Å². The van der Waals surface area contributed by atoms with Gasteiger partial charge in [0.2, 0.25) is 5.69 Å².